The van der Waals surface area contributed by atoms with Crippen molar-refractivity contribution in [1.82, 2.24) is 19.9 Å². The third-order valence-corrected chi connectivity index (χ3v) is 14.7. The minimum absolute atomic E-state index is 0.118. The monoisotopic (exact) mass is 1090 g/mol. The summed E-state index contributed by atoms with van der Waals surface area (Å²) in [5, 5.41) is 0. The maximum atomic E-state index is 13.0. The van der Waals surface area contributed by atoms with Crippen LogP contribution in [0.4, 0.5) is 27.5 Å². The largest absolute Gasteiger partial charge is 0.473 e. The van der Waals surface area contributed by atoms with E-state index in [9.17, 15) is 4.39 Å². The third-order valence-electron chi connectivity index (χ3n) is 14.7. The first-order chi connectivity index (χ1) is 38.5. The molecule has 7 heterocycles. The number of pyridine rings is 2. The molecule has 12 nitrogen and oxygen atoms in total. The van der Waals surface area contributed by atoms with Crippen LogP contribution < -0.4 is 38.5 Å². The summed E-state index contributed by atoms with van der Waals surface area (Å²) in [6, 6.07) is 44.2. The molecule has 0 fully saturated rings. The molecule has 13 heteroatoms. The van der Waals surface area contributed by atoms with E-state index < -0.39 is 0 Å². The Labute approximate surface area is 479 Å². The number of nitrogens with zero attached hydrogens (tertiary/aromatic N) is 8. The van der Waals surface area contributed by atoms with Crippen LogP contribution in [0.25, 0.3) is 0 Å². The number of anilines is 4. The molecule has 0 saturated heterocycles. The quantitative estimate of drug-likeness (QED) is 0.168. The zero-order valence-electron chi connectivity index (χ0n) is 49.3. The Morgan fingerprint density at radius 3 is 1.11 bits per heavy atom. The van der Waals surface area contributed by atoms with E-state index in [2.05, 4.69) is 191 Å². The van der Waals surface area contributed by atoms with Gasteiger partial charge in [-0.3, -0.25) is 4.98 Å². The summed E-state index contributed by atoms with van der Waals surface area (Å²) < 4.78 is 36.4. The average Bonchev–Trinajstić information content (AvgIpc) is 3.55. The lowest BCUT2D eigenvalue weighted by atomic mass is 9.86. The molecule has 0 saturated carbocycles. The number of hydrogen-bond acceptors (Lipinski definition) is 12. The molecule has 0 amide bonds. The van der Waals surface area contributed by atoms with E-state index in [0.29, 0.717) is 32.9 Å². The van der Waals surface area contributed by atoms with E-state index >= 15 is 0 Å². The smallest absolute Gasteiger partial charge is 0.228 e. The molecule has 4 aliphatic heterocycles. The summed E-state index contributed by atoms with van der Waals surface area (Å²) in [7, 11) is 0. The Balaban J connectivity index is 0.000000130. The lowest BCUT2D eigenvalue weighted by molar-refractivity contribution is 0.286. The molecule has 0 bridgehead atoms. The number of rotatable bonds is 4. The normalized spacial score (nSPS) is 14.6. The molecule has 81 heavy (non-hydrogen) atoms. The second-order valence-corrected chi connectivity index (χ2v) is 25.1. The number of halogens is 1. The Bertz CT molecular complexity index is 3090. The van der Waals surface area contributed by atoms with E-state index in [1.807, 2.05) is 59.9 Å². The van der Waals surface area contributed by atoms with Gasteiger partial charge in [0.2, 0.25) is 5.95 Å². The number of benzene rings is 5. The van der Waals surface area contributed by atoms with E-state index in [0.717, 1.165) is 66.4 Å². The van der Waals surface area contributed by atoms with E-state index in [1.54, 1.807) is 24.5 Å². The topological polar surface area (TPSA) is 101 Å². The molecule has 8 aromatic rings. The van der Waals surface area contributed by atoms with Crippen molar-refractivity contribution >= 4 is 23.1 Å². The Hall–Kier alpha value is -8.19. The first kappa shape index (κ1) is 57.5. The Kier molecular flexibility index (Phi) is 17.2. The number of hydrogen-bond donors (Lipinski definition) is 0. The van der Waals surface area contributed by atoms with Gasteiger partial charge in [-0.15, -0.1) is 0 Å². The van der Waals surface area contributed by atoms with Gasteiger partial charge < -0.3 is 38.5 Å². The fourth-order valence-electron chi connectivity index (χ4n) is 9.65. The van der Waals surface area contributed by atoms with Gasteiger partial charge in [0.1, 0.15) is 34.6 Å². The molecular weight excluding hydrogens is 1010 g/mol. The van der Waals surface area contributed by atoms with Gasteiger partial charge in [-0.25, -0.2) is 19.3 Å². The lowest BCUT2D eigenvalue weighted by Gasteiger charge is -2.32. The van der Waals surface area contributed by atoms with Crippen molar-refractivity contribution < 1.29 is 23.3 Å². The molecule has 0 aliphatic carbocycles. The molecule has 0 N–H and O–H groups in total. The van der Waals surface area contributed by atoms with Crippen LogP contribution in [0, 0.1) is 5.82 Å². The van der Waals surface area contributed by atoms with Gasteiger partial charge in [-0.1, -0.05) is 113 Å². The SMILES string of the molecule is CC(C)(C)c1ccc2c(c1)CN(c1ccc(F)cc1)CO2.CC(C)(C)c1ccc2c(c1)CN(c1ccccn1)CO2.CC(C)(C)c1ccc2c(c1)CN(c1ccncc1)CO2.CC(C)(C)c1ccc2c(c1)CN(c1ncccn1)CO2. The number of ether oxygens (including phenoxy) is 4. The average molecular weight is 1090 g/mol. The first-order valence-electron chi connectivity index (χ1n) is 27.9. The molecule has 0 atom stereocenters. The standard InChI is InChI=1S/C18H20FNO.2C17H20N2O.C16H19N3O/c1-18(2,3)14-4-9-17-13(10-14)11-20(12-21-17)16-7-5-15(19)6-8-16;1-17(2,3)14-4-5-16-13(10-14)11-19(12-20-16)15-6-8-18-9-7-15;1-17(2,3)14-7-8-15-13(10-14)11-19(12-20-15)16-6-4-5-9-18-16;1-16(2,3)13-5-6-14-12(9-13)10-19(11-20-14)15-17-7-4-8-18-15/h4-10H,11-12H2,1-3H3;2*4-10H,11-12H2,1-3H3;4-9H,10-11H2,1-3H3. The fraction of sp³-hybridized carbons (Fsp3) is 0.353. The molecule has 4 aliphatic rings. The Morgan fingerprint density at radius 1 is 0.358 bits per heavy atom. The summed E-state index contributed by atoms with van der Waals surface area (Å²) in [5.74, 6) is 5.35. The number of aromatic nitrogens is 4. The molecule has 0 spiro atoms. The molecule has 12 rings (SSSR count). The lowest BCUT2D eigenvalue weighted by Crippen LogP contribution is -2.33. The second-order valence-electron chi connectivity index (χ2n) is 25.1. The molecule has 0 radical (unpaired) electrons. The highest BCUT2D eigenvalue weighted by molar-refractivity contribution is 5.53. The zero-order chi connectivity index (χ0) is 57.5. The van der Waals surface area contributed by atoms with Crippen LogP contribution in [0.3, 0.4) is 0 Å². The molecular formula is C68H79FN8O4. The van der Waals surface area contributed by atoms with Gasteiger partial charge in [0.15, 0.2) is 26.9 Å². The van der Waals surface area contributed by atoms with Crippen molar-refractivity contribution in [2.75, 3.05) is 46.5 Å². The predicted molar refractivity (Wildman–Crippen MR) is 324 cm³/mol. The van der Waals surface area contributed by atoms with Gasteiger partial charge in [-0.2, -0.15) is 0 Å². The highest BCUT2D eigenvalue weighted by atomic mass is 19.1. The highest BCUT2D eigenvalue weighted by Gasteiger charge is 2.26. The van der Waals surface area contributed by atoms with E-state index in [-0.39, 0.29) is 27.5 Å². The van der Waals surface area contributed by atoms with Gasteiger partial charge in [0, 0.05) is 77.7 Å². The molecule has 5 aromatic carbocycles. The van der Waals surface area contributed by atoms with Gasteiger partial charge >= 0.3 is 0 Å². The van der Waals surface area contributed by atoms with Crippen molar-refractivity contribution in [2.45, 2.75) is 131 Å². The summed E-state index contributed by atoms with van der Waals surface area (Å²) in [6.45, 7) is 32.1. The van der Waals surface area contributed by atoms with E-state index in [1.165, 1.54) is 56.6 Å². The number of fused-ring (bicyclic) bond motifs is 4. The molecule has 0 unspecified atom stereocenters. The van der Waals surface area contributed by atoms with Crippen molar-refractivity contribution in [1.29, 1.82) is 0 Å². The fourth-order valence-corrected chi connectivity index (χ4v) is 9.65. The van der Waals surface area contributed by atoms with Gasteiger partial charge in [0.25, 0.3) is 0 Å². The van der Waals surface area contributed by atoms with Crippen molar-refractivity contribution in [2.24, 2.45) is 0 Å². The van der Waals surface area contributed by atoms with Crippen LogP contribution in [0.1, 0.15) is 128 Å². The van der Waals surface area contributed by atoms with Crippen LogP contribution >= 0.6 is 0 Å². The summed E-state index contributed by atoms with van der Waals surface area (Å²) in [6.07, 6.45) is 8.95. The summed E-state index contributed by atoms with van der Waals surface area (Å²) in [5.41, 5.74) is 12.8. The zero-order valence-corrected chi connectivity index (χ0v) is 49.3. The summed E-state index contributed by atoms with van der Waals surface area (Å²) >= 11 is 0. The van der Waals surface area contributed by atoms with E-state index in [4.69, 9.17) is 18.9 Å². The molecule has 422 valence electrons. The maximum Gasteiger partial charge on any atom is 0.228 e. The minimum atomic E-state index is -0.216. The summed E-state index contributed by atoms with van der Waals surface area (Å²) in [4.78, 5) is 25.5. The maximum absolute atomic E-state index is 13.0. The van der Waals surface area contributed by atoms with Crippen LogP contribution in [0.15, 0.2) is 164 Å². The van der Waals surface area contributed by atoms with Crippen LogP contribution in [0.2, 0.25) is 0 Å². The van der Waals surface area contributed by atoms with Crippen LogP contribution in [0.5, 0.6) is 23.0 Å². The first-order valence-corrected chi connectivity index (χ1v) is 27.9. The third kappa shape index (κ3) is 14.8. The van der Waals surface area contributed by atoms with Crippen molar-refractivity contribution in [3.63, 3.8) is 0 Å². The van der Waals surface area contributed by atoms with Gasteiger partial charge in [-0.05, 0) is 147 Å². The van der Waals surface area contributed by atoms with Crippen LogP contribution in [-0.2, 0) is 47.8 Å². The van der Waals surface area contributed by atoms with Crippen molar-refractivity contribution in [3.05, 3.63) is 215 Å². The minimum Gasteiger partial charge on any atom is -0.473 e. The molecule has 3 aromatic heterocycles. The highest BCUT2D eigenvalue weighted by Crippen LogP contribution is 2.37. The van der Waals surface area contributed by atoms with Crippen LogP contribution in [-0.4, -0.2) is 46.9 Å². The van der Waals surface area contributed by atoms with Gasteiger partial charge in [0.05, 0.1) is 13.1 Å². The Morgan fingerprint density at radius 2 is 0.716 bits per heavy atom. The van der Waals surface area contributed by atoms with Crippen molar-refractivity contribution in [3.8, 4) is 23.0 Å². The predicted octanol–water partition coefficient (Wildman–Crippen LogP) is 15.1. The second kappa shape index (κ2) is 24.3.